The van der Waals surface area contributed by atoms with Gasteiger partial charge in [-0.3, -0.25) is 0 Å². The number of halogens is 5. The van der Waals surface area contributed by atoms with Gasteiger partial charge in [-0.1, -0.05) is 23.2 Å². The van der Waals surface area contributed by atoms with Crippen molar-refractivity contribution in [2.75, 3.05) is 31.1 Å². The number of hydrogen-bond acceptors (Lipinski definition) is 6. The molecule has 1 aliphatic rings. The summed E-state index contributed by atoms with van der Waals surface area (Å²) in [5, 5.41) is 5.08. The zero-order valence-corrected chi connectivity index (χ0v) is 18.4. The van der Waals surface area contributed by atoms with Gasteiger partial charge in [0.25, 0.3) is 0 Å². The van der Waals surface area contributed by atoms with Crippen LogP contribution in [0.3, 0.4) is 0 Å². The van der Waals surface area contributed by atoms with Crippen molar-refractivity contribution in [3.63, 3.8) is 0 Å². The molecule has 1 aliphatic heterocycles. The third-order valence-electron chi connectivity index (χ3n) is 4.63. The fourth-order valence-corrected chi connectivity index (χ4v) is 4.69. The number of hydrogen-bond donors (Lipinski definition) is 1. The van der Waals surface area contributed by atoms with Crippen molar-refractivity contribution in [1.29, 1.82) is 0 Å². The van der Waals surface area contributed by atoms with Gasteiger partial charge in [0.2, 0.25) is 0 Å². The minimum Gasteiger partial charge on any atom is -0.495 e. The zero-order valence-electron chi connectivity index (χ0n) is 16.1. The summed E-state index contributed by atoms with van der Waals surface area (Å²) in [6, 6.07) is 5.34. The molecule has 2 aromatic carbocycles. The van der Waals surface area contributed by atoms with E-state index in [-0.39, 0.29) is 22.4 Å². The maximum Gasteiger partial charge on any atom is 0.196 e. The van der Waals surface area contributed by atoms with Crippen molar-refractivity contribution in [1.82, 2.24) is 0 Å². The number of methoxy groups -OCH3 is 2. The summed E-state index contributed by atoms with van der Waals surface area (Å²) >= 11 is 14.4. The maximum absolute atomic E-state index is 14.1. The molecule has 0 fully saturated rings. The Kier molecular flexibility index (Phi) is 5.92. The molecule has 2 heterocycles. The van der Waals surface area contributed by atoms with E-state index in [1.165, 1.54) is 25.6 Å². The van der Waals surface area contributed by atoms with Gasteiger partial charge in [0, 0.05) is 6.07 Å². The molecule has 1 aromatic heterocycles. The van der Waals surface area contributed by atoms with Gasteiger partial charge in [-0.05, 0) is 23.6 Å². The van der Waals surface area contributed by atoms with Crippen LogP contribution < -0.4 is 19.7 Å². The lowest BCUT2D eigenvalue weighted by atomic mass is 10.2. The van der Waals surface area contributed by atoms with Crippen LogP contribution in [0.4, 0.5) is 30.2 Å². The van der Waals surface area contributed by atoms with Crippen molar-refractivity contribution < 1.29 is 22.6 Å². The molecule has 3 aromatic rings. The number of benzene rings is 2. The first-order valence-corrected chi connectivity index (χ1v) is 10.4. The average Bonchev–Trinajstić information content (AvgIpc) is 3.26. The summed E-state index contributed by atoms with van der Waals surface area (Å²) < 4.78 is 51.6. The molecule has 5 nitrogen and oxygen atoms in total. The standard InChI is InChI=1S/C20H14Cl2F3N3O2S/c1-29-12-7-13(30-2)15(22)18(14(12)21)28-8-26-20(19-11(28)5-6-31-19)27-10-4-3-9(23)16(24)17(10)25/h3-7H,8H2,1-2H3,(H,26,27). The normalized spacial score (nSPS) is 13.0. The van der Waals surface area contributed by atoms with Crippen LogP contribution in [0.2, 0.25) is 10.0 Å². The van der Waals surface area contributed by atoms with E-state index in [2.05, 4.69) is 10.3 Å². The van der Waals surface area contributed by atoms with Crippen molar-refractivity contribution in [3.8, 4) is 11.5 Å². The molecule has 0 saturated carbocycles. The van der Waals surface area contributed by atoms with Gasteiger partial charge in [0.15, 0.2) is 17.5 Å². The van der Waals surface area contributed by atoms with Crippen molar-refractivity contribution in [2.45, 2.75) is 0 Å². The van der Waals surface area contributed by atoms with E-state index in [1.807, 2.05) is 6.07 Å². The number of anilines is 3. The highest BCUT2D eigenvalue weighted by atomic mass is 35.5. The molecule has 0 spiro atoms. The van der Waals surface area contributed by atoms with Crippen molar-refractivity contribution in [2.24, 2.45) is 4.99 Å². The first-order chi connectivity index (χ1) is 14.9. The molecule has 0 aliphatic carbocycles. The second-order valence-corrected chi connectivity index (χ2v) is 7.99. The Labute approximate surface area is 189 Å². The number of rotatable bonds is 4. The second-order valence-electron chi connectivity index (χ2n) is 6.32. The molecule has 0 radical (unpaired) electrons. The number of fused-ring (bicyclic) bond motifs is 1. The molecule has 1 N–H and O–H groups in total. The van der Waals surface area contributed by atoms with E-state index >= 15 is 0 Å². The first kappa shape index (κ1) is 21.6. The molecular weight excluding hydrogens is 474 g/mol. The Morgan fingerprint density at radius 3 is 2.35 bits per heavy atom. The Balaban J connectivity index is 1.76. The lowest BCUT2D eigenvalue weighted by molar-refractivity contribution is 0.395. The fraction of sp³-hybridized carbons (Fsp3) is 0.150. The lowest BCUT2D eigenvalue weighted by Crippen LogP contribution is -2.28. The van der Waals surface area contributed by atoms with E-state index in [1.54, 1.807) is 16.3 Å². The topological polar surface area (TPSA) is 46.1 Å². The summed E-state index contributed by atoms with van der Waals surface area (Å²) in [7, 11) is 2.95. The maximum atomic E-state index is 14.1. The van der Waals surface area contributed by atoms with Gasteiger partial charge >= 0.3 is 0 Å². The van der Waals surface area contributed by atoms with Crippen molar-refractivity contribution >= 4 is 57.4 Å². The largest absolute Gasteiger partial charge is 0.495 e. The van der Waals surface area contributed by atoms with Gasteiger partial charge < -0.3 is 19.7 Å². The highest BCUT2D eigenvalue weighted by Gasteiger charge is 2.29. The van der Waals surface area contributed by atoms with Crippen LogP contribution in [0, 0.1) is 17.5 Å². The molecule has 0 amide bonds. The molecule has 4 rings (SSSR count). The minimum absolute atomic E-state index is 0.0626. The number of nitrogens with one attached hydrogen (secondary N) is 1. The third-order valence-corrected chi connectivity index (χ3v) is 6.27. The smallest absolute Gasteiger partial charge is 0.196 e. The van der Waals surface area contributed by atoms with E-state index in [9.17, 15) is 13.2 Å². The summed E-state index contributed by atoms with van der Waals surface area (Å²) in [6.45, 7) is 0.0626. The number of aliphatic imine (C=N–C) groups is 1. The second kappa shape index (κ2) is 8.49. The summed E-state index contributed by atoms with van der Waals surface area (Å²) in [5.74, 6) is -3.12. The van der Waals surface area contributed by atoms with Gasteiger partial charge in [0.1, 0.15) is 34.0 Å². The van der Waals surface area contributed by atoms with Gasteiger partial charge in [-0.25, -0.2) is 18.2 Å². The van der Waals surface area contributed by atoms with Crippen LogP contribution in [0.15, 0.2) is 34.6 Å². The predicted molar refractivity (Wildman–Crippen MR) is 117 cm³/mol. The Morgan fingerprint density at radius 2 is 1.71 bits per heavy atom. The molecule has 0 saturated heterocycles. The highest BCUT2D eigenvalue weighted by Crippen LogP contribution is 2.49. The Morgan fingerprint density at radius 1 is 1.03 bits per heavy atom. The van der Waals surface area contributed by atoms with Crippen LogP contribution in [-0.2, 0) is 0 Å². The van der Waals surface area contributed by atoms with Gasteiger partial charge in [-0.15, -0.1) is 11.3 Å². The van der Waals surface area contributed by atoms with E-state index in [0.29, 0.717) is 33.6 Å². The minimum atomic E-state index is -1.56. The molecule has 0 bridgehead atoms. The summed E-state index contributed by atoms with van der Waals surface area (Å²) in [6.07, 6.45) is 0. The molecular formula is C20H14Cl2F3N3O2S. The predicted octanol–water partition coefficient (Wildman–Crippen LogP) is 6.46. The fourth-order valence-electron chi connectivity index (χ4n) is 3.13. The van der Waals surface area contributed by atoms with E-state index in [4.69, 9.17) is 32.7 Å². The Bertz CT molecular complexity index is 1170. The van der Waals surface area contributed by atoms with Gasteiger partial charge in [0.05, 0.1) is 36.2 Å². The third kappa shape index (κ3) is 3.66. The Hall–Kier alpha value is -2.62. The van der Waals surface area contributed by atoms with Crippen LogP contribution in [0.25, 0.3) is 0 Å². The highest BCUT2D eigenvalue weighted by molar-refractivity contribution is 7.13. The van der Waals surface area contributed by atoms with E-state index in [0.717, 1.165) is 12.1 Å². The van der Waals surface area contributed by atoms with Crippen molar-refractivity contribution in [3.05, 3.63) is 62.0 Å². The van der Waals surface area contributed by atoms with Crippen LogP contribution in [0.5, 0.6) is 11.5 Å². The van der Waals surface area contributed by atoms with Crippen LogP contribution >= 0.6 is 34.5 Å². The first-order valence-electron chi connectivity index (χ1n) is 8.77. The van der Waals surface area contributed by atoms with Gasteiger partial charge in [-0.2, -0.15) is 0 Å². The number of thiophene rings is 1. The monoisotopic (exact) mass is 487 g/mol. The number of ether oxygens (including phenoxy) is 2. The average molecular weight is 488 g/mol. The molecule has 31 heavy (non-hydrogen) atoms. The number of amidine groups is 1. The summed E-state index contributed by atoms with van der Waals surface area (Å²) in [5.41, 5.74) is 0.884. The summed E-state index contributed by atoms with van der Waals surface area (Å²) in [4.78, 5) is 6.83. The SMILES string of the molecule is COc1cc(OC)c(Cl)c(N2CN=C(Nc3ccc(F)c(F)c3F)c3sccc32)c1Cl. The van der Waals surface area contributed by atoms with Crippen LogP contribution in [0.1, 0.15) is 4.88 Å². The van der Waals surface area contributed by atoms with Crippen LogP contribution in [-0.4, -0.2) is 26.7 Å². The molecule has 11 heteroatoms. The van der Waals surface area contributed by atoms with E-state index < -0.39 is 17.5 Å². The quantitative estimate of drug-likeness (QED) is 0.429. The lowest BCUT2D eigenvalue weighted by Gasteiger charge is -2.30. The molecule has 162 valence electrons. The molecule has 0 unspecified atom stereocenters. The molecule has 0 atom stereocenters. The zero-order chi connectivity index (χ0) is 22.3. The number of nitrogens with zero attached hydrogens (tertiary/aromatic N) is 2.